The molecule has 0 radical (unpaired) electrons. The average molecular weight is 328 g/mol. The zero-order valence-corrected chi connectivity index (χ0v) is 13.5. The van der Waals surface area contributed by atoms with Gasteiger partial charge in [-0.1, -0.05) is 17.3 Å². The van der Waals surface area contributed by atoms with Crippen molar-refractivity contribution in [3.05, 3.63) is 56.5 Å². The molecule has 0 fully saturated rings. The van der Waals surface area contributed by atoms with E-state index in [1.165, 1.54) is 9.56 Å². The van der Waals surface area contributed by atoms with Crippen LogP contribution in [0.1, 0.15) is 16.2 Å². The second-order valence-corrected chi connectivity index (χ2v) is 6.55. The Morgan fingerprint density at radius 2 is 2.09 bits per heavy atom. The van der Waals surface area contributed by atoms with Crippen molar-refractivity contribution >= 4 is 28.1 Å². The van der Waals surface area contributed by atoms with Crippen LogP contribution >= 0.6 is 11.3 Å². The summed E-state index contributed by atoms with van der Waals surface area (Å²) in [6, 6.07) is 11.1. The molecular formula is C16H16N4O2S. The number of benzene rings is 1. The first kappa shape index (κ1) is 15.4. The molecule has 7 heteroatoms. The second-order valence-electron chi connectivity index (χ2n) is 5.17. The van der Waals surface area contributed by atoms with Gasteiger partial charge in [-0.25, -0.2) is 4.68 Å². The average Bonchev–Trinajstić information content (AvgIpc) is 2.98. The van der Waals surface area contributed by atoms with Gasteiger partial charge < -0.3 is 5.32 Å². The molecule has 0 unspecified atom stereocenters. The Morgan fingerprint density at radius 3 is 2.87 bits per heavy atom. The fourth-order valence-electron chi connectivity index (χ4n) is 2.23. The van der Waals surface area contributed by atoms with E-state index in [4.69, 9.17) is 0 Å². The molecule has 3 rings (SSSR count). The van der Waals surface area contributed by atoms with Crippen molar-refractivity contribution in [1.82, 2.24) is 20.3 Å². The molecule has 23 heavy (non-hydrogen) atoms. The Hall–Kier alpha value is -2.54. The minimum atomic E-state index is -0.225. The summed E-state index contributed by atoms with van der Waals surface area (Å²) < 4.78 is 1.23. The van der Waals surface area contributed by atoms with Crippen LogP contribution in [0.3, 0.4) is 0 Å². The molecule has 2 heterocycles. The monoisotopic (exact) mass is 328 g/mol. The fourth-order valence-corrected chi connectivity index (χ4v) is 3.06. The predicted octanol–water partition coefficient (Wildman–Crippen LogP) is 1.87. The summed E-state index contributed by atoms with van der Waals surface area (Å²) >= 11 is 1.66. The number of aromatic nitrogens is 3. The highest BCUT2D eigenvalue weighted by atomic mass is 32.1. The van der Waals surface area contributed by atoms with Gasteiger partial charge in [0.1, 0.15) is 5.52 Å². The van der Waals surface area contributed by atoms with Crippen LogP contribution in [0.25, 0.3) is 10.9 Å². The highest BCUT2D eigenvalue weighted by molar-refractivity contribution is 7.11. The van der Waals surface area contributed by atoms with Crippen molar-refractivity contribution in [1.29, 1.82) is 0 Å². The summed E-state index contributed by atoms with van der Waals surface area (Å²) in [6.07, 6.45) is 0.192. The van der Waals surface area contributed by atoms with E-state index in [-0.39, 0.29) is 24.4 Å². The molecular weight excluding hydrogens is 312 g/mol. The quantitative estimate of drug-likeness (QED) is 0.776. The summed E-state index contributed by atoms with van der Waals surface area (Å²) in [6.45, 7) is 2.75. The maximum absolute atomic E-state index is 12.3. The van der Waals surface area contributed by atoms with Gasteiger partial charge in [0.15, 0.2) is 0 Å². The Kier molecular flexibility index (Phi) is 4.47. The Labute approximate surface area is 136 Å². The lowest BCUT2D eigenvalue weighted by Crippen LogP contribution is -2.29. The lowest BCUT2D eigenvalue weighted by atomic mass is 10.2. The number of nitrogens with one attached hydrogen (secondary N) is 1. The Bertz CT molecular complexity index is 900. The molecule has 0 saturated heterocycles. The first-order chi connectivity index (χ1) is 11.1. The molecule has 0 saturated carbocycles. The molecule has 0 spiro atoms. The topological polar surface area (TPSA) is 76.9 Å². The summed E-state index contributed by atoms with van der Waals surface area (Å²) in [5, 5.41) is 11.2. The molecule has 0 aliphatic heterocycles. The van der Waals surface area contributed by atoms with Crippen LogP contribution in [0.4, 0.5) is 0 Å². The lowest BCUT2D eigenvalue weighted by Gasteiger charge is -2.05. The third kappa shape index (κ3) is 3.62. The van der Waals surface area contributed by atoms with Crippen molar-refractivity contribution < 1.29 is 4.79 Å². The molecule has 0 atom stereocenters. The van der Waals surface area contributed by atoms with Crippen LogP contribution in [-0.2, 0) is 17.9 Å². The Balaban J connectivity index is 1.60. The summed E-state index contributed by atoms with van der Waals surface area (Å²) in [4.78, 5) is 26.5. The third-order valence-corrected chi connectivity index (χ3v) is 4.44. The predicted molar refractivity (Wildman–Crippen MR) is 89.3 cm³/mol. The lowest BCUT2D eigenvalue weighted by molar-refractivity contribution is -0.121. The van der Waals surface area contributed by atoms with Gasteiger partial charge in [0.25, 0.3) is 5.56 Å². The smallest absolute Gasteiger partial charge is 0.277 e. The fraction of sp³-hybridized carbons (Fsp3) is 0.250. The van der Waals surface area contributed by atoms with Gasteiger partial charge in [-0.05, 0) is 31.2 Å². The molecule has 118 valence electrons. The third-order valence-electron chi connectivity index (χ3n) is 3.44. The first-order valence-electron chi connectivity index (χ1n) is 7.28. The van der Waals surface area contributed by atoms with Crippen LogP contribution in [-0.4, -0.2) is 20.9 Å². The molecule has 1 amide bonds. The van der Waals surface area contributed by atoms with Crippen LogP contribution in [0.5, 0.6) is 0 Å². The molecule has 0 bridgehead atoms. The zero-order valence-electron chi connectivity index (χ0n) is 12.7. The molecule has 6 nitrogen and oxygen atoms in total. The van der Waals surface area contributed by atoms with E-state index in [1.54, 1.807) is 35.6 Å². The van der Waals surface area contributed by atoms with Gasteiger partial charge in [0.05, 0.1) is 18.5 Å². The van der Waals surface area contributed by atoms with E-state index in [0.29, 0.717) is 17.4 Å². The molecule has 0 aliphatic rings. The SMILES string of the molecule is Cc1ccc(CNC(=O)CCn2nnc3ccccc3c2=O)s1. The molecule has 1 N–H and O–H groups in total. The number of hydrogen-bond acceptors (Lipinski definition) is 5. The summed E-state index contributed by atoms with van der Waals surface area (Å²) in [5.74, 6) is -0.113. The number of fused-ring (bicyclic) bond motifs is 1. The number of carbonyl (C=O) groups excluding carboxylic acids is 1. The number of aryl methyl sites for hydroxylation is 2. The van der Waals surface area contributed by atoms with Gasteiger partial charge in [-0.15, -0.1) is 16.4 Å². The number of amides is 1. The maximum atomic E-state index is 12.3. The standard InChI is InChI=1S/C16H16N4O2S/c1-11-6-7-12(23-11)10-17-15(21)8-9-20-16(22)13-4-2-3-5-14(13)18-19-20/h2-7H,8-10H2,1H3,(H,17,21). The normalized spacial score (nSPS) is 10.8. The number of rotatable bonds is 5. The number of hydrogen-bond donors (Lipinski definition) is 1. The van der Waals surface area contributed by atoms with E-state index in [2.05, 4.69) is 15.6 Å². The van der Waals surface area contributed by atoms with E-state index in [9.17, 15) is 9.59 Å². The largest absolute Gasteiger partial charge is 0.351 e. The van der Waals surface area contributed by atoms with E-state index < -0.39 is 0 Å². The van der Waals surface area contributed by atoms with Crippen LogP contribution < -0.4 is 10.9 Å². The van der Waals surface area contributed by atoms with E-state index >= 15 is 0 Å². The van der Waals surface area contributed by atoms with Gasteiger partial charge >= 0.3 is 0 Å². The molecule has 3 aromatic rings. The maximum Gasteiger partial charge on any atom is 0.277 e. The number of thiophene rings is 1. The highest BCUT2D eigenvalue weighted by Gasteiger charge is 2.08. The number of carbonyl (C=O) groups is 1. The van der Waals surface area contributed by atoms with Crippen molar-refractivity contribution in [2.24, 2.45) is 0 Å². The summed E-state index contributed by atoms with van der Waals surface area (Å²) in [7, 11) is 0. The van der Waals surface area contributed by atoms with Gasteiger partial charge in [0, 0.05) is 16.2 Å². The number of nitrogens with zero attached hydrogens (tertiary/aromatic N) is 3. The summed E-state index contributed by atoms with van der Waals surface area (Å²) in [5.41, 5.74) is 0.337. The molecule has 0 aliphatic carbocycles. The second kappa shape index (κ2) is 6.70. The zero-order chi connectivity index (χ0) is 16.2. The van der Waals surface area contributed by atoms with Crippen LogP contribution in [0.15, 0.2) is 41.2 Å². The van der Waals surface area contributed by atoms with Gasteiger partial charge in [-0.3, -0.25) is 9.59 Å². The van der Waals surface area contributed by atoms with Crippen molar-refractivity contribution in [2.45, 2.75) is 26.4 Å². The Morgan fingerprint density at radius 1 is 1.26 bits per heavy atom. The van der Waals surface area contributed by atoms with E-state index in [1.807, 2.05) is 19.1 Å². The highest BCUT2D eigenvalue weighted by Crippen LogP contribution is 2.14. The van der Waals surface area contributed by atoms with Crippen LogP contribution in [0, 0.1) is 6.92 Å². The van der Waals surface area contributed by atoms with Crippen molar-refractivity contribution in [3.8, 4) is 0 Å². The molecule has 1 aromatic carbocycles. The van der Waals surface area contributed by atoms with E-state index in [0.717, 1.165) is 4.88 Å². The van der Waals surface area contributed by atoms with Gasteiger partial charge in [-0.2, -0.15) is 0 Å². The minimum Gasteiger partial charge on any atom is -0.351 e. The van der Waals surface area contributed by atoms with Crippen molar-refractivity contribution in [2.75, 3.05) is 0 Å². The minimum absolute atomic E-state index is 0.113. The van der Waals surface area contributed by atoms with Gasteiger partial charge in [0.2, 0.25) is 5.91 Å². The van der Waals surface area contributed by atoms with Crippen LogP contribution in [0.2, 0.25) is 0 Å². The first-order valence-corrected chi connectivity index (χ1v) is 8.10. The van der Waals surface area contributed by atoms with Crippen molar-refractivity contribution in [3.63, 3.8) is 0 Å². The molecule has 2 aromatic heterocycles.